The van der Waals surface area contributed by atoms with E-state index in [-0.39, 0.29) is 0 Å². The maximum absolute atomic E-state index is 10.7. The first kappa shape index (κ1) is 14.6. The molecule has 0 aliphatic carbocycles. The van der Waals surface area contributed by atoms with Crippen LogP contribution in [0.15, 0.2) is 24.3 Å². The molecule has 0 bridgehead atoms. The second kappa shape index (κ2) is 3.59. The number of diazo groups is 1. The van der Waals surface area contributed by atoms with Gasteiger partial charge in [0.15, 0.2) is 4.98 Å². The summed E-state index contributed by atoms with van der Waals surface area (Å²) in [6.07, 6.45) is 0. The summed E-state index contributed by atoms with van der Waals surface area (Å²) in [5.41, 5.74) is 1.77. The van der Waals surface area contributed by atoms with Gasteiger partial charge in [0.05, 0.1) is 0 Å². The van der Waals surface area contributed by atoms with Crippen LogP contribution in [-0.4, -0.2) is 0 Å². The van der Waals surface area contributed by atoms with Crippen molar-refractivity contribution in [3.05, 3.63) is 34.8 Å². The molecular formula is C7H7F6N2P. The van der Waals surface area contributed by atoms with E-state index < -0.39 is 7.81 Å². The standard InChI is InChI=1S/C7H7N2.F6P/c1-6-2-4-7(9-8)5-3-6;1-7(2,3,4,5)6/h2-5H,1H3;/q+1;-1. The Morgan fingerprint density at radius 2 is 1.25 bits per heavy atom. The van der Waals surface area contributed by atoms with Crippen molar-refractivity contribution >= 4 is 13.5 Å². The fourth-order valence-corrected chi connectivity index (χ4v) is 0.611. The number of rotatable bonds is 0. The Labute approximate surface area is 86.7 Å². The summed E-state index contributed by atoms with van der Waals surface area (Å²) in [4.78, 5) is 3.01. The normalized spacial score (nSPS) is 14.9. The van der Waals surface area contributed by atoms with Gasteiger partial charge in [-0.25, -0.2) is 0 Å². The molecule has 9 heteroatoms. The second-order valence-corrected chi connectivity index (χ2v) is 4.81. The van der Waals surface area contributed by atoms with E-state index in [1.807, 2.05) is 19.1 Å². The zero-order valence-electron chi connectivity index (χ0n) is 7.92. The zero-order chi connectivity index (χ0) is 13.1. The molecule has 2 nitrogen and oxygen atoms in total. The van der Waals surface area contributed by atoms with Gasteiger partial charge in [-0.2, -0.15) is 0 Å². The third kappa shape index (κ3) is 15.1. The summed E-state index contributed by atoms with van der Waals surface area (Å²) in [6, 6.07) is 7.31. The summed E-state index contributed by atoms with van der Waals surface area (Å²) in [5.74, 6) is 0. The zero-order valence-corrected chi connectivity index (χ0v) is 8.81. The van der Waals surface area contributed by atoms with E-state index in [2.05, 4.69) is 4.98 Å². The molecule has 0 amide bonds. The molecule has 0 spiro atoms. The SMILES string of the molecule is Cc1ccc([N+]#N)cc1.F[P-](F)(F)(F)(F)F. The Balaban J connectivity index is 0.000000293. The predicted molar refractivity (Wildman–Crippen MR) is 49.5 cm³/mol. The molecule has 0 fully saturated rings. The van der Waals surface area contributed by atoms with E-state index in [4.69, 9.17) is 5.39 Å². The summed E-state index contributed by atoms with van der Waals surface area (Å²) in [6.45, 7) is 1.99. The van der Waals surface area contributed by atoms with E-state index >= 15 is 0 Å². The molecule has 0 atom stereocenters. The van der Waals surface area contributed by atoms with Crippen molar-refractivity contribution in [2.75, 3.05) is 0 Å². The van der Waals surface area contributed by atoms with Crippen molar-refractivity contribution in [1.82, 2.24) is 0 Å². The van der Waals surface area contributed by atoms with Gasteiger partial charge in [-0.1, -0.05) is 17.7 Å². The number of hydrogen-bond acceptors (Lipinski definition) is 1. The Bertz CT molecular complexity index is 389. The van der Waals surface area contributed by atoms with Crippen molar-refractivity contribution < 1.29 is 25.2 Å². The van der Waals surface area contributed by atoms with Crippen LogP contribution in [0.25, 0.3) is 4.98 Å². The topological polar surface area (TPSA) is 28.1 Å². The Kier molecular flexibility index (Phi) is 3.29. The molecule has 92 valence electrons. The first-order chi connectivity index (χ1) is 6.78. The average molecular weight is 264 g/mol. The first-order valence-electron chi connectivity index (χ1n) is 3.76. The Hall–Kier alpha value is -1.35. The minimum absolute atomic E-state index is 0.598. The van der Waals surface area contributed by atoms with Gasteiger partial charge < -0.3 is 0 Å². The number of nitrogens with zero attached hydrogens (tertiary/aromatic N) is 2. The third-order valence-electron chi connectivity index (χ3n) is 1.15. The van der Waals surface area contributed by atoms with Crippen molar-refractivity contribution in [3.8, 4) is 0 Å². The van der Waals surface area contributed by atoms with Gasteiger partial charge in [-0.15, -0.1) is 0 Å². The Morgan fingerprint density at radius 3 is 1.50 bits per heavy atom. The molecule has 0 saturated carbocycles. The fourth-order valence-electron chi connectivity index (χ4n) is 0.611. The van der Waals surface area contributed by atoms with E-state index in [9.17, 15) is 25.2 Å². The molecule has 1 aromatic carbocycles. The van der Waals surface area contributed by atoms with Crippen LogP contribution >= 0.6 is 7.81 Å². The average Bonchev–Trinajstić information content (AvgIpc) is 2.00. The number of aryl methyl sites for hydroxylation is 1. The monoisotopic (exact) mass is 264 g/mol. The van der Waals surface area contributed by atoms with Crippen LogP contribution in [-0.2, 0) is 0 Å². The van der Waals surface area contributed by atoms with Crippen LogP contribution in [0.5, 0.6) is 0 Å². The number of hydrogen-bond donors (Lipinski definition) is 0. The summed E-state index contributed by atoms with van der Waals surface area (Å²) in [7, 11) is -10.7. The summed E-state index contributed by atoms with van der Waals surface area (Å²) in [5, 5.41) is 8.25. The van der Waals surface area contributed by atoms with E-state index in [1.165, 1.54) is 5.56 Å². The Morgan fingerprint density at radius 1 is 0.938 bits per heavy atom. The molecular weight excluding hydrogens is 257 g/mol. The van der Waals surface area contributed by atoms with Crippen LogP contribution < -0.4 is 0 Å². The summed E-state index contributed by atoms with van der Waals surface area (Å²) >= 11 is 0. The molecule has 0 saturated heterocycles. The number of benzene rings is 1. The van der Waals surface area contributed by atoms with Crippen LogP contribution in [0.1, 0.15) is 5.56 Å². The molecule has 0 N–H and O–H groups in total. The minimum atomic E-state index is -10.7. The molecule has 0 aliphatic rings. The van der Waals surface area contributed by atoms with E-state index in [1.54, 1.807) is 12.1 Å². The van der Waals surface area contributed by atoms with Gasteiger partial charge >= 0.3 is 38.7 Å². The van der Waals surface area contributed by atoms with Crippen molar-refractivity contribution in [2.45, 2.75) is 6.92 Å². The quantitative estimate of drug-likeness (QED) is 0.327. The van der Waals surface area contributed by atoms with Gasteiger partial charge in [0.1, 0.15) is 0 Å². The second-order valence-electron chi connectivity index (χ2n) is 2.89. The molecule has 16 heavy (non-hydrogen) atoms. The van der Waals surface area contributed by atoms with Crippen LogP contribution in [0.4, 0.5) is 30.9 Å². The molecule has 0 unspecified atom stereocenters. The number of halogens is 6. The van der Waals surface area contributed by atoms with Gasteiger partial charge in [-0.05, 0) is 6.92 Å². The molecule has 0 aliphatic heterocycles. The molecule has 1 rings (SSSR count). The molecule has 0 heterocycles. The summed E-state index contributed by atoms with van der Waals surface area (Å²) < 4.78 is 59.2. The van der Waals surface area contributed by atoms with Crippen LogP contribution in [0.3, 0.4) is 0 Å². The van der Waals surface area contributed by atoms with Crippen LogP contribution in [0, 0.1) is 12.3 Å². The molecule has 0 aromatic heterocycles. The third-order valence-corrected chi connectivity index (χ3v) is 1.15. The first-order valence-corrected chi connectivity index (χ1v) is 5.79. The van der Waals surface area contributed by atoms with E-state index in [0.717, 1.165) is 0 Å². The van der Waals surface area contributed by atoms with Crippen molar-refractivity contribution in [3.63, 3.8) is 0 Å². The van der Waals surface area contributed by atoms with Crippen LogP contribution in [0.2, 0.25) is 0 Å². The van der Waals surface area contributed by atoms with E-state index in [0.29, 0.717) is 5.69 Å². The fraction of sp³-hybridized carbons (Fsp3) is 0.143. The predicted octanol–water partition coefficient (Wildman–Crippen LogP) is 5.86. The molecule has 0 radical (unpaired) electrons. The molecule has 1 aromatic rings. The maximum atomic E-state index is 9.87. The van der Waals surface area contributed by atoms with Gasteiger partial charge in [0.2, 0.25) is 5.39 Å². The van der Waals surface area contributed by atoms with Gasteiger partial charge in [0, 0.05) is 12.1 Å². The van der Waals surface area contributed by atoms with Gasteiger partial charge in [0.25, 0.3) is 0 Å². The van der Waals surface area contributed by atoms with Crippen molar-refractivity contribution in [2.24, 2.45) is 0 Å². The van der Waals surface area contributed by atoms with Crippen molar-refractivity contribution in [1.29, 1.82) is 5.39 Å². The van der Waals surface area contributed by atoms with Gasteiger partial charge in [-0.3, -0.25) is 0 Å².